The van der Waals surface area contributed by atoms with Gasteiger partial charge in [0.15, 0.2) is 4.77 Å². The first-order valence-corrected chi connectivity index (χ1v) is 5.72. The highest BCUT2D eigenvalue weighted by Crippen LogP contribution is 2.12. The van der Waals surface area contributed by atoms with E-state index in [1.165, 1.54) is 0 Å². The molecule has 2 aromatic rings. The van der Waals surface area contributed by atoms with Crippen molar-refractivity contribution in [1.82, 2.24) is 14.9 Å². The highest BCUT2D eigenvalue weighted by molar-refractivity contribution is 7.71. The van der Waals surface area contributed by atoms with E-state index in [0.29, 0.717) is 10.5 Å². The molecule has 0 atom stereocenters. The fourth-order valence-electron chi connectivity index (χ4n) is 1.59. The molecule has 1 aromatic carbocycles. The van der Waals surface area contributed by atoms with Crippen LogP contribution in [0.1, 0.15) is 10.5 Å². The van der Waals surface area contributed by atoms with Crippen LogP contribution >= 0.6 is 12.2 Å². The highest BCUT2D eigenvalue weighted by atomic mass is 32.1. The van der Waals surface area contributed by atoms with Crippen LogP contribution in [-0.4, -0.2) is 22.0 Å². The average molecular weight is 257 g/mol. The molecule has 0 aliphatic rings. The molecule has 0 saturated heterocycles. The molecule has 0 radical (unpaired) electrons. The molecular formula is C13H11N3OS. The molecule has 1 amide bonds. The second-order valence-electron chi connectivity index (χ2n) is 3.54. The average Bonchev–Trinajstić information content (AvgIpc) is 2.79. The minimum Gasteiger partial charge on any atom is -0.340 e. The second kappa shape index (κ2) is 5.34. The predicted octanol–water partition coefficient (Wildman–Crippen LogP) is 1.90. The molecule has 0 spiro atoms. The Balaban J connectivity index is 2.43. The molecule has 0 bridgehead atoms. The van der Waals surface area contributed by atoms with Crippen LogP contribution in [0.25, 0.3) is 5.69 Å². The number of carbonyl (C=O) groups is 1. The fourth-order valence-corrected chi connectivity index (χ4v) is 1.85. The van der Waals surface area contributed by atoms with Crippen LogP contribution < -0.4 is 5.32 Å². The minimum atomic E-state index is -0.260. The number of nitrogens with zero attached hydrogens (tertiary/aromatic N) is 1. The van der Waals surface area contributed by atoms with Crippen molar-refractivity contribution >= 4 is 18.1 Å². The third-order valence-corrected chi connectivity index (χ3v) is 2.67. The van der Waals surface area contributed by atoms with Gasteiger partial charge in [-0.05, 0) is 24.4 Å². The lowest BCUT2D eigenvalue weighted by molar-refractivity contribution is 0.0952. The van der Waals surface area contributed by atoms with Gasteiger partial charge in [0.05, 0.1) is 6.54 Å². The number of benzene rings is 1. The Hall–Kier alpha value is -2.32. The van der Waals surface area contributed by atoms with Gasteiger partial charge in [0.25, 0.3) is 5.91 Å². The molecule has 18 heavy (non-hydrogen) atoms. The molecule has 0 fully saturated rings. The maximum Gasteiger partial charge on any atom is 0.270 e. The maximum atomic E-state index is 11.9. The molecule has 2 N–H and O–H groups in total. The lowest BCUT2D eigenvalue weighted by Gasteiger charge is -2.07. The van der Waals surface area contributed by atoms with E-state index < -0.39 is 0 Å². The normalized spacial score (nSPS) is 9.72. The van der Waals surface area contributed by atoms with E-state index in [1.54, 1.807) is 10.8 Å². The number of imidazole rings is 1. The van der Waals surface area contributed by atoms with E-state index in [4.69, 9.17) is 18.6 Å². The first kappa shape index (κ1) is 12.1. The molecule has 4 nitrogen and oxygen atoms in total. The Morgan fingerprint density at radius 1 is 1.44 bits per heavy atom. The third-order valence-electron chi connectivity index (χ3n) is 2.37. The van der Waals surface area contributed by atoms with E-state index in [0.717, 1.165) is 5.69 Å². The smallest absolute Gasteiger partial charge is 0.270 e. The van der Waals surface area contributed by atoms with E-state index >= 15 is 0 Å². The van der Waals surface area contributed by atoms with Gasteiger partial charge >= 0.3 is 0 Å². The molecule has 5 heteroatoms. The van der Waals surface area contributed by atoms with Gasteiger partial charge in [-0.2, -0.15) is 0 Å². The first-order chi connectivity index (χ1) is 8.74. The first-order valence-electron chi connectivity index (χ1n) is 5.31. The van der Waals surface area contributed by atoms with Gasteiger partial charge in [0.1, 0.15) is 5.69 Å². The van der Waals surface area contributed by atoms with Crippen molar-refractivity contribution in [3.8, 4) is 18.0 Å². The van der Waals surface area contributed by atoms with Crippen LogP contribution in [0.4, 0.5) is 0 Å². The minimum absolute atomic E-state index is 0.186. The number of carbonyl (C=O) groups excluding carboxylic acids is 1. The Morgan fingerprint density at radius 2 is 2.17 bits per heavy atom. The van der Waals surface area contributed by atoms with E-state index in [2.05, 4.69) is 16.2 Å². The number of hydrogen-bond donors (Lipinski definition) is 2. The second-order valence-corrected chi connectivity index (χ2v) is 3.92. The molecule has 1 aromatic heterocycles. The number of nitrogens with one attached hydrogen (secondary N) is 2. The number of aromatic nitrogens is 2. The SMILES string of the molecule is C#CCNC(=O)c1c[nH]c(=S)n1-c1ccccc1. The molecule has 1 heterocycles. The number of terminal acetylenes is 1. The molecule has 0 aliphatic carbocycles. The monoisotopic (exact) mass is 257 g/mol. The fraction of sp³-hybridized carbons (Fsp3) is 0.0769. The van der Waals surface area contributed by atoms with Crippen molar-refractivity contribution in [1.29, 1.82) is 0 Å². The van der Waals surface area contributed by atoms with Crippen LogP contribution in [0.3, 0.4) is 0 Å². The summed E-state index contributed by atoms with van der Waals surface area (Å²) in [6, 6.07) is 9.42. The van der Waals surface area contributed by atoms with Gasteiger partial charge in [-0.15, -0.1) is 6.42 Å². The van der Waals surface area contributed by atoms with Crippen molar-refractivity contribution in [2.45, 2.75) is 0 Å². The number of aromatic amines is 1. The molecule has 0 aliphatic heterocycles. The molecule has 90 valence electrons. The lowest BCUT2D eigenvalue weighted by Crippen LogP contribution is -2.25. The summed E-state index contributed by atoms with van der Waals surface area (Å²) in [5.74, 6) is 2.10. The lowest BCUT2D eigenvalue weighted by atomic mass is 10.3. The molecule has 0 saturated carbocycles. The van der Waals surface area contributed by atoms with Gasteiger partial charge in [-0.1, -0.05) is 24.1 Å². The summed E-state index contributed by atoms with van der Waals surface area (Å²) < 4.78 is 2.13. The van der Waals surface area contributed by atoms with Gasteiger partial charge < -0.3 is 10.3 Å². The Labute approximate surface area is 110 Å². The maximum absolute atomic E-state index is 11.9. The zero-order valence-electron chi connectivity index (χ0n) is 9.51. The van der Waals surface area contributed by atoms with E-state index in [1.807, 2.05) is 30.3 Å². The topological polar surface area (TPSA) is 49.8 Å². The molecular weight excluding hydrogens is 246 g/mol. The number of hydrogen-bond acceptors (Lipinski definition) is 2. The van der Waals surface area contributed by atoms with Crippen LogP contribution in [0, 0.1) is 17.1 Å². The molecule has 0 unspecified atom stereocenters. The summed E-state index contributed by atoms with van der Waals surface area (Å²) in [6.45, 7) is 0.186. The largest absolute Gasteiger partial charge is 0.340 e. The van der Waals surface area contributed by atoms with Crippen molar-refractivity contribution in [3.63, 3.8) is 0 Å². The van der Waals surface area contributed by atoms with Gasteiger partial charge in [-0.3, -0.25) is 9.36 Å². The number of para-hydroxylation sites is 1. The van der Waals surface area contributed by atoms with Gasteiger partial charge in [0, 0.05) is 11.9 Å². The van der Waals surface area contributed by atoms with Crippen molar-refractivity contribution in [2.24, 2.45) is 0 Å². The summed E-state index contributed by atoms with van der Waals surface area (Å²) in [5, 5.41) is 2.61. The number of amides is 1. The Kier molecular flexibility index (Phi) is 3.60. The molecule has 2 rings (SSSR count). The summed E-state index contributed by atoms with van der Waals surface area (Å²) in [6.07, 6.45) is 6.68. The standard InChI is InChI=1S/C13H11N3OS/c1-2-8-14-12(17)11-9-15-13(18)16(11)10-6-4-3-5-7-10/h1,3-7,9H,8H2,(H,14,17)(H,15,18). The third kappa shape index (κ3) is 2.34. The van der Waals surface area contributed by atoms with Crippen LogP contribution in [0.2, 0.25) is 0 Å². The zero-order valence-corrected chi connectivity index (χ0v) is 10.3. The number of rotatable bonds is 3. The summed E-state index contributed by atoms with van der Waals surface area (Å²) in [4.78, 5) is 14.8. The van der Waals surface area contributed by atoms with Gasteiger partial charge in [0.2, 0.25) is 0 Å². The number of H-pyrrole nitrogens is 1. The van der Waals surface area contributed by atoms with Crippen LogP contribution in [0.5, 0.6) is 0 Å². The van der Waals surface area contributed by atoms with Crippen LogP contribution in [-0.2, 0) is 0 Å². The van der Waals surface area contributed by atoms with Crippen molar-refractivity contribution in [2.75, 3.05) is 6.54 Å². The quantitative estimate of drug-likeness (QED) is 0.651. The van der Waals surface area contributed by atoms with Crippen LogP contribution in [0.15, 0.2) is 36.5 Å². The zero-order chi connectivity index (χ0) is 13.0. The van der Waals surface area contributed by atoms with E-state index in [-0.39, 0.29) is 12.5 Å². The summed E-state index contributed by atoms with van der Waals surface area (Å²) in [5.41, 5.74) is 1.26. The Morgan fingerprint density at radius 3 is 2.83 bits per heavy atom. The van der Waals surface area contributed by atoms with Crippen molar-refractivity contribution in [3.05, 3.63) is 47.0 Å². The summed E-state index contributed by atoms with van der Waals surface area (Å²) in [7, 11) is 0. The van der Waals surface area contributed by atoms with Crippen molar-refractivity contribution < 1.29 is 4.79 Å². The highest BCUT2D eigenvalue weighted by Gasteiger charge is 2.13. The summed E-state index contributed by atoms with van der Waals surface area (Å²) >= 11 is 5.17. The predicted molar refractivity (Wildman–Crippen MR) is 72.1 cm³/mol. The van der Waals surface area contributed by atoms with E-state index in [9.17, 15) is 4.79 Å². The van der Waals surface area contributed by atoms with Gasteiger partial charge in [-0.25, -0.2) is 0 Å². The Bertz CT molecular complexity index is 649.